The topological polar surface area (TPSA) is 111 Å². The number of aliphatic hydroxyl groups excluding tert-OH is 1. The van der Waals surface area contributed by atoms with E-state index >= 15 is 0 Å². The van der Waals surface area contributed by atoms with Gasteiger partial charge in [-0.1, -0.05) is 78.8 Å². The van der Waals surface area contributed by atoms with Crippen molar-refractivity contribution in [3.63, 3.8) is 0 Å². The molecule has 2 heterocycles. The van der Waals surface area contributed by atoms with Gasteiger partial charge in [-0.05, 0) is 48.2 Å². The van der Waals surface area contributed by atoms with E-state index in [0.29, 0.717) is 17.5 Å². The Morgan fingerprint density at radius 1 is 1.05 bits per heavy atom. The minimum atomic E-state index is -2.38. The van der Waals surface area contributed by atoms with E-state index in [-0.39, 0.29) is 23.1 Å². The summed E-state index contributed by atoms with van der Waals surface area (Å²) < 4.78 is 29.9. The van der Waals surface area contributed by atoms with Gasteiger partial charge in [-0.3, -0.25) is 18.6 Å². The predicted octanol–water partition coefficient (Wildman–Crippen LogP) is 5.42. The summed E-state index contributed by atoms with van der Waals surface area (Å²) in [6, 6.07) is 8.99. The van der Waals surface area contributed by atoms with Crippen LogP contribution in [0.15, 0.2) is 46.1 Å². The number of aryl methyl sites for hydroxylation is 1. The minimum Gasteiger partial charge on any atom is -0.416 e. The summed E-state index contributed by atoms with van der Waals surface area (Å²) in [4.78, 5) is 26.9. The van der Waals surface area contributed by atoms with Crippen molar-refractivity contribution >= 4 is 27.4 Å². The molecule has 230 valence electrons. The number of aliphatic hydroxyl groups is 1. The van der Waals surface area contributed by atoms with Crippen molar-refractivity contribution in [3.05, 3.63) is 68.5 Å². The lowest BCUT2D eigenvalue weighted by atomic mass is 9.95. The Balaban J connectivity index is 2.27. The maximum atomic E-state index is 15.0. The van der Waals surface area contributed by atoms with E-state index < -0.39 is 61.0 Å². The second kappa shape index (κ2) is 11.8. The molecule has 0 aliphatic carbocycles. The van der Waals surface area contributed by atoms with E-state index in [1.54, 1.807) is 24.3 Å². The summed E-state index contributed by atoms with van der Waals surface area (Å²) in [7, 11) is -6.44. The van der Waals surface area contributed by atoms with Crippen LogP contribution < -0.4 is 11.2 Å². The fourth-order valence-corrected chi connectivity index (χ4v) is 9.50. The quantitative estimate of drug-likeness (QED) is 0.362. The number of aromatic amines is 1. The Hall–Kier alpha value is -1.64. The first-order valence-electron chi connectivity index (χ1n) is 14.5. The lowest BCUT2D eigenvalue weighted by Crippen LogP contribution is -2.50. The maximum absolute atomic E-state index is 15.0. The second-order valence-corrected chi connectivity index (χ2v) is 25.8. The summed E-state index contributed by atoms with van der Waals surface area (Å²) in [5.74, 6) is 0. The number of nitrogens with zero attached hydrogens (tertiary/aromatic N) is 1. The third-order valence-electron chi connectivity index (χ3n) is 9.55. The largest absolute Gasteiger partial charge is 0.416 e. The summed E-state index contributed by atoms with van der Waals surface area (Å²) in [6.45, 7) is 23.5. The molecular formula is C30H50N2O6SSi2. The molecule has 11 heteroatoms. The fourth-order valence-electron chi connectivity index (χ4n) is 4.74. The van der Waals surface area contributed by atoms with E-state index in [2.05, 4.69) is 72.7 Å². The van der Waals surface area contributed by atoms with Gasteiger partial charge >= 0.3 is 5.69 Å². The van der Waals surface area contributed by atoms with Gasteiger partial charge in [0.15, 0.2) is 21.5 Å². The van der Waals surface area contributed by atoms with E-state index in [1.165, 1.54) is 10.8 Å². The van der Waals surface area contributed by atoms with Crippen LogP contribution in [0.25, 0.3) is 0 Å². The lowest BCUT2D eigenvalue weighted by molar-refractivity contribution is 0.0559. The number of hydrogen-bond acceptors (Lipinski definition) is 6. The van der Waals surface area contributed by atoms with Crippen LogP contribution in [-0.4, -0.2) is 53.5 Å². The zero-order chi connectivity index (χ0) is 31.2. The fraction of sp³-hybridized carbons (Fsp3) is 0.667. The average Bonchev–Trinajstić information content (AvgIpc) is 3.12. The Morgan fingerprint density at radius 2 is 1.61 bits per heavy atom. The van der Waals surface area contributed by atoms with Crippen molar-refractivity contribution in [2.24, 2.45) is 0 Å². The zero-order valence-electron chi connectivity index (χ0n) is 26.7. The van der Waals surface area contributed by atoms with Crippen molar-refractivity contribution in [1.29, 1.82) is 0 Å². The van der Waals surface area contributed by atoms with E-state index in [0.717, 1.165) is 0 Å². The summed E-state index contributed by atoms with van der Waals surface area (Å²) in [6.07, 6.45) is 0.140. The Morgan fingerprint density at radius 3 is 2.12 bits per heavy atom. The summed E-state index contributed by atoms with van der Waals surface area (Å²) in [5, 5.41) is 11.3. The van der Waals surface area contributed by atoms with Gasteiger partial charge in [0.1, 0.15) is 6.10 Å². The first-order chi connectivity index (χ1) is 18.7. The highest BCUT2D eigenvalue weighted by Gasteiger charge is 2.60. The monoisotopic (exact) mass is 622 g/mol. The van der Waals surface area contributed by atoms with Crippen molar-refractivity contribution in [2.75, 3.05) is 6.61 Å². The molecule has 8 nitrogen and oxygen atoms in total. The molecule has 1 aliphatic rings. The van der Waals surface area contributed by atoms with Crippen LogP contribution in [0.2, 0.25) is 36.3 Å². The number of benzene rings is 1. The van der Waals surface area contributed by atoms with Gasteiger partial charge in [0.2, 0.25) is 0 Å². The van der Waals surface area contributed by atoms with Gasteiger partial charge in [0.05, 0.1) is 28.8 Å². The van der Waals surface area contributed by atoms with Crippen molar-refractivity contribution < 1.29 is 18.2 Å². The molecule has 0 saturated carbocycles. The first kappa shape index (κ1) is 33.9. The van der Waals surface area contributed by atoms with Crippen molar-refractivity contribution in [3.8, 4) is 0 Å². The molecule has 2 aromatic rings. The SMILES string of the molecule is CCc1cn([C@@]2(C(O)c3ccccc3)C[C@H](O[Si](C)(C)C(C)(C)C)[C@@H](CO[Si](C)(C)C(C)(C)C)S2=O)c(=O)[nH]c1=O. The van der Waals surface area contributed by atoms with Crippen molar-refractivity contribution in [1.82, 2.24) is 9.55 Å². The lowest BCUT2D eigenvalue weighted by Gasteiger charge is -2.40. The molecule has 1 saturated heterocycles. The van der Waals surface area contributed by atoms with Crippen molar-refractivity contribution in [2.45, 2.75) is 120 Å². The molecule has 3 rings (SSSR count). The molecule has 2 N–H and O–H groups in total. The van der Waals surface area contributed by atoms with Gasteiger partial charge < -0.3 is 14.0 Å². The van der Waals surface area contributed by atoms with Gasteiger partial charge in [0.25, 0.3) is 5.56 Å². The molecular weight excluding hydrogens is 573 g/mol. The third-order valence-corrected chi connectivity index (χ3v) is 20.8. The second-order valence-electron chi connectivity index (χ2n) is 14.3. The molecule has 0 spiro atoms. The third kappa shape index (κ3) is 6.50. The Bertz CT molecular complexity index is 1360. The molecule has 5 atom stereocenters. The molecule has 41 heavy (non-hydrogen) atoms. The molecule has 0 amide bonds. The van der Waals surface area contributed by atoms with E-state index in [9.17, 15) is 18.9 Å². The standard InChI is InChI=1S/C30H50N2O6SSi2/c1-12-21-19-32(27(35)31-26(21)34)30(25(33)22-16-14-13-15-17-22)18-23(38-41(10,11)29(5,6)7)24(39(30)36)20-37-40(8,9)28(2,3)4/h13-17,19,23-25,33H,12,18,20H2,1-11H3,(H,31,34,35)/t23-,24+,25?,30-,39?/m0/s1. The van der Waals surface area contributed by atoms with Crippen LogP contribution >= 0.6 is 0 Å². The van der Waals surface area contributed by atoms with Gasteiger partial charge in [-0.25, -0.2) is 4.79 Å². The minimum absolute atomic E-state index is 0.0601. The average molecular weight is 623 g/mol. The van der Waals surface area contributed by atoms with Crippen LogP contribution in [-0.2, 0) is 30.9 Å². The maximum Gasteiger partial charge on any atom is 0.329 e. The van der Waals surface area contributed by atoms with E-state index in [1.807, 2.05) is 13.0 Å². The molecule has 0 bridgehead atoms. The highest BCUT2D eigenvalue weighted by atomic mass is 32.2. The Kier molecular flexibility index (Phi) is 9.75. The number of hydrogen-bond donors (Lipinski definition) is 2. The van der Waals surface area contributed by atoms with Crippen LogP contribution in [0.5, 0.6) is 0 Å². The zero-order valence-corrected chi connectivity index (χ0v) is 29.5. The molecule has 1 fully saturated rings. The van der Waals surface area contributed by atoms with Gasteiger partial charge in [0, 0.05) is 18.2 Å². The predicted molar refractivity (Wildman–Crippen MR) is 172 cm³/mol. The molecule has 0 radical (unpaired) electrons. The number of nitrogens with one attached hydrogen (secondary N) is 1. The van der Waals surface area contributed by atoms with Crippen LogP contribution in [0, 0.1) is 0 Å². The molecule has 1 aromatic heterocycles. The Labute approximate surface area is 249 Å². The normalized spacial score (nSPS) is 24.9. The molecule has 2 unspecified atom stereocenters. The van der Waals surface area contributed by atoms with Crippen LogP contribution in [0.4, 0.5) is 0 Å². The van der Waals surface area contributed by atoms with Gasteiger partial charge in [-0.2, -0.15) is 0 Å². The van der Waals surface area contributed by atoms with Crippen LogP contribution in [0.1, 0.15) is 72.1 Å². The van der Waals surface area contributed by atoms with Gasteiger partial charge in [-0.15, -0.1) is 0 Å². The molecule has 1 aliphatic heterocycles. The number of H-pyrrole nitrogens is 1. The van der Waals surface area contributed by atoms with Crippen LogP contribution in [0.3, 0.4) is 0 Å². The summed E-state index contributed by atoms with van der Waals surface area (Å²) >= 11 is 0. The first-order valence-corrected chi connectivity index (χ1v) is 21.5. The highest BCUT2D eigenvalue weighted by molar-refractivity contribution is 7.86. The highest BCUT2D eigenvalue weighted by Crippen LogP contribution is 2.50. The summed E-state index contributed by atoms with van der Waals surface area (Å²) in [5.41, 5.74) is -0.264. The number of rotatable bonds is 9. The van der Waals surface area contributed by atoms with E-state index in [4.69, 9.17) is 8.85 Å². The number of aromatic nitrogens is 2. The smallest absolute Gasteiger partial charge is 0.329 e. The molecule has 1 aromatic carbocycles.